The standard InChI is InChI=1S/C15H12BrN3O2S/c1-21-13-7-9(20)6-11(16)10(13)8-17-19-15-18-12-4-2-3-5-14(12)22-15/h2-8,20H,1H3,(H,18,19). The van der Waals surface area contributed by atoms with E-state index >= 15 is 0 Å². The highest BCUT2D eigenvalue weighted by atomic mass is 79.9. The number of methoxy groups -OCH3 is 1. The molecule has 0 radical (unpaired) electrons. The summed E-state index contributed by atoms with van der Waals surface area (Å²) in [5, 5.41) is 14.5. The Labute approximate surface area is 139 Å². The van der Waals surface area contributed by atoms with E-state index in [-0.39, 0.29) is 5.75 Å². The number of aromatic nitrogens is 1. The van der Waals surface area contributed by atoms with Crippen molar-refractivity contribution in [3.8, 4) is 11.5 Å². The fourth-order valence-corrected chi connectivity index (χ4v) is 3.29. The molecular formula is C15H12BrN3O2S. The fourth-order valence-electron chi connectivity index (χ4n) is 1.95. The molecule has 0 aliphatic heterocycles. The minimum absolute atomic E-state index is 0.125. The molecule has 0 saturated heterocycles. The van der Waals surface area contributed by atoms with Crippen LogP contribution in [0.4, 0.5) is 5.13 Å². The number of anilines is 1. The van der Waals surface area contributed by atoms with Crippen LogP contribution in [-0.2, 0) is 0 Å². The van der Waals surface area contributed by atoms with Crippen LogP contribution in [0.2, 0.25) is 0 Å². The third-order valence-corrected chi connectivity index (χ3v) is 4.54. The lowest BCUT2D eigenvalue weighted by Crippen LogP contribution is -1.95. The van der Waals surface area contributed by atoms with Crippen molar-refractivity contribution in [1.82, 2.24) is 4.98 Å². The lowest BCUT2D eigenvalue weighted by molar-refractivity contribution is 0.406. The molecule has 0 unspecified atom stereocenters. The van der Waals surface area contributed by atoms with E-state index in [0.717, 1.165) is 15.8 Å². The summed E-state index contributed by atoms with van der Waals surface area (Å²) in [5.41, 5.74) is 4.58. The topological polar surface area (TPSA) is 66.7 Å². The van der Waals surface area contributed by atoms with Gasteiger partial charge in [0, 0.05) is 10.5 Å². The molecule has 0 atom stereocenters. The predicted molar refractivity (Wildman–Crippen MR) is 93.2 cm³/mol. The third kappa shape index (κ3) is 3.05. The Morgan fingerprint density at radius 1 is 1.36 bits per heavy atom. The van der Waals surface area contributed by atoms with Crippen molar-refractivity contribution in [2.24, 2.45) is 5.10 Å². The lowest BCUT2D eigenvalue weighted by atomic mass is 10.2. The van der Waals surface area contributed by atoms with Crippen molar-refractivity contribution in [1.29, 1.82) is 0 Å². The lowest BCUT2D eigenvalue weighted by Gasteiger charge is -2.07. The van der Waals surface area contributed by atoms with Gasteiger partial charge in [0.05, 0.1) is 29.1 Å². The first-order chi connectivity index (χ1) is 10.7. The van der Waals surface area contributed by atoms with Crippen molar-refractivity contribution in [3.05, 3.63) is 46.4 Å². The van der Waals surface area contributed by atoms with E-state index < -0.39 is 0 Å². The van der Waals surface area contributed by atoms with Gasteiger partial charge in [-0.1, -0.05) is 23.5 Å². The van der Waals surface area contributed by atoms with Gasteiger partial charge >= 0.3 is 0 Å². The number of hydrogen-bond acceptors (Lipinski definition) is 6. The van der Waals surface area contributed by atoms with Gasteiger partial charge in [0.1, 0.15) is 11.5 Å². The van der Waals surface area contributed by atoms with Crippen LogP contribution in [0, 0.1) is 0 Å². The first-order valence-electron chi connectivity index (χ1n) is 6.38. The van der Waals surface area contributed by atoms with Crippen molar-refractivity contribution in [2.45, 2.75) is 0 Å². The molecule has 22 heavy (non-hydrogen) atoms. The largest absolute Gasteiger partial charge is 0.508 e. The van der Waals surface area contributed by atoms with Crippen LogP contribution in [0.1, 0.15) is 5.56 Å². The molecule has 0 bridgehead atoms. The monoisotopic (exact) mass is 377 g/mol. The van der Waals surface area contributed by atoms with Gasteiger partial charge in [0.2, 0.25) is 5.13 Å². The Hall–Kier alpha value is -2.12. The van der Waals surface area contributed by atoms with Crippen LogP contribution in [0.3, 0.4) is 0 Å². The molecule has 0 aliphatic carbocycles. The molecule has 2 aromatic carbocycles. The van der Waals surface area contributed by atoms with E-state index in [0.29, 0.717) is 15.4 Å². The summed E-state index contributed by atoms with van der Waals surface area (Å²) in [6.07, 6.45) is 1.62. The number of halogens is 1. The van der Waals surface area contributed by atoms with Crippen LogP contribution in [0.5, 0.6) is 11.5 Å². The number of aromatic hydroxyl groups is 1. The molecule has 112 valence electrons. The maximum atomic E-state index is 9.56. The van der Waals surface area contributed by atoms with Gasteiger partial charge < -0.3 is 9.84 Å². The van der Waals surface area contributed by atoms with Crippen LogP contribution < -0.4 is 10.2 Å². The second kappa shape index (κ2) is 6.33. The predicted octanol–water partition coefficient (Wildman–Crippen LogP) is 4.22. The summed E-state index contributed by atoms with van der Waals surface area (Å²) < 4.78 is 7.03. The highest BCUT2D eigenvalue weighted by Crippen LogP contribution is 2.30. The van der Waals surface area contributed by atoms with Gasteiger partial charge in [0.25, 0.3) is 0 Å². The van der Waals surface area contributed by atoms with Crippen molar-refractivity contribution >= 4 is 48.8 Å². The first-order valence-corrected chi connectivity index (χ1v) is 7.99. The zero-order valence-corrected chi connectivity index (χ0v) is 14.0. The molecule has 3 aromatic rings. The Morgan fingerprint density at radius 2 is 2.18 bits per heavy atom. The number of thiazole rings is 1. The number of para-hydroxylation sites is 1. The number of phenolic OH excluding ortho intramolecular Hbond substituents is 1. The second-order valence-corrected chi connectivity index (χ2v) is 6.29. The number of rotatable bonds is 4. The van der Waals surface area contributed by atoms with E-state index in [9.17, 15) is 5.11 Å². The van der Waals surface area contributed by atoms with Gasteiger partial charge in [-0.25, -0.2) is 4.98 Å². The molecule has 3 rings (SSSR count). The molecule has 2 N–H and O–H groups in total. The quantitative estimate of drug-likeness (QED) is 0.527. The van der Waals surface area contributed by atoms with Crippen molar-refractivity contribution in [3.63, 3.8) is 0 Å². The average molecular weight is 378 g/mol. The summed E-state index contributed by atoms with van der Waals surface area (Å²) in [7, 11) is 1.54. The zero-order chi connectivity index (χ0) is 15.5. The van der Waals surface area contributed by atoms with Crippen molar-refractivity contribution in [2.75, 3.05) is 12.5 Å². The van der Waals surface area contributed by atoms with Gasteiger partial charge in [-0.15, -0.1) is 0 Å². The zero-order valence-electron chi connectivity index (χ0n) is 11.6. The molecule has 0 fully saturated rings. The van der Waals surface area contributed by atoms with E-state index in [4.69, 9.17) is 4.74 Å². The molecular weight excluding hydrogens is 366 g/mol. The van der Waals surface area contributed by atoms with Crippen LogP contribution in [0.25, 0.3) is 10.2 Å². The summed E-state index contributed by atoms with van der Waals surface area (Å²) in [5.74, 6) is 0.654. The van der Waals surface area contributed by atoms with Crippen LogP contribution in [-0.4, -0.2) is 23.4 Å². The molecule has 0 saturated carbocycles. The summed E-state index contributed by atoms with van der Waals surface area (Å²) in [6, 6.07) is 11.0. The van der Waals surface area contributed by atoms with Gasteiger partial charge in [0.15, 0.2) is 0 Å². The molecule has 0 aliphatic rings. The molecule has 7 heteroatoms. The highest BCUT2D eigenvalue weighted by molar-refractivity contribution is 9.10. The van der Waals surface area contributed by atoms with Gasteiger partial charge in [-0.2, -0.15) is 5.10 Å². The van der Waals surface area contributed by atoms with E-state index in [1.54, 1.807) is 19.4 Å². The SMILES string of the molecule is COc1cc(O)cc(Br)c1C=NNc1nc2ccccc2s1. The fraction of sp³-hybridized carbons (Fsp3) is 0.0667. The minimum atomic E-state index is 0.125. The number of benzene rings is 2. The van der Waals surface area contributed by atoms with Gasteiger partial charge in [-0.3, -0.25) is 5.43 Å². The summed E-state index contributed by atoms with van der Waals surface area (Å²) in [6.45, 7) is 0. The number of hydrogen-bond donors (Lipinski definition) is 2. The van der Waals surface area contributed by atoms with E-state index in [2.05, 4.69) is 31.4 Å². The summed E-state index contributed by atoms with van der Waals surface area (Å²) in [4.78, 5) is 4.43. The number of nitrogens with zero attached hydrogens (tertiary/aromatic N) is 2. The van der Waals surface area contributed by atoms with E-state index in [1.165, 1.54) is 17.4 Å². The van der Waals surface area contributed by atoms with Crippen LogP contribution in [0.15, 0.2) is 46.0 Å². The number of nitrogens with one attached hydrogen (secondary N) is 1. The Bertz CT molecular complexity index is 815. The molecule has 1 aromatic heterocycles. The molecule has 5 nitrogen and oxygen atoms in total. The second-order valence-electron chi connectivity index (χ2n) is 4.40. The van der Waals surface area contributed by atoms with Gasteiger partial charge in [-0.05, 0) is 34.1 Å². The highest BCUT2D eigenvalue weighted by Gasteiger charge is 2.08. The molecule has 0 spiro atoms. The van der Waals surface area contributed by atoms with E-state index in [1.807, 2.05) is 24.3 Å². The molecule has 0 amide bonds. The number of phenols is 1. The minimum Gasteiger partial charge on any atom is -0.508 e. The Kier molecular flexibility index (Phi) is 4.26. The van der Waals surface area contributed by atoms with Crippen LogP contribution >= 0.6 is 27.3 Å². The maximum absolute atomic E-state index is 9.56. The smallest absolute Gasteiger partial charge is 0.204 e. The number of fused-ring (bicyclic) bond motifs is 1. The summed E-state index contributed by atoms with van der Waals surface area (Å²) >= 11 is 4.91. The normalized spacial score (nSPS) is 11.2. The average Bonchev–Trinajstić information content (AvgIpc) is 2.91. The Morgan fingerprint density at radius 3 is 2.95 bits per heavy atom. The third-order valence-electron chi connectivity index (χ3n) is 2.94. The maximum Gasteiger partial charge on any atom is 0.204 e. The molecule has 1 heterocycles. The first kappa shape index (κ1) is 14.8. The number of ether oxygens (including phenoxy) is 1. The van der Waals surface area contributed by atoms with Crippen molar-refractivity contribution < 1.29 is 9.84 Å². The Balaban J connectivity index is 1.82. The number of hydrazone groups is 1.